The van der Waals surface area contributed by atoms with Crippen molar-refractivity contribution in [3.05, 3.63) is 34.8 Å². The lowest BCUT2D eigenvalue weighted by molar-refractivity contribution is 0.776. The molecule has 0 N–H and O–H groups in total. The molecule has 1 aromatic rings. The van der Waals surface area contributed by atoms with Crippen LogP contribution in [-0.4, -0.2) is 5.88 Å². The summed E-state index contributed by atoms with van der Waals surface area (Å²) in [6.07, 6.45) is 3.73. The van der Waals surface area contributed by atoms with Crippen molar-refractivity contribution in [2.75, 3.05) is 5.88 Å². The van der Waals surface area contributed by atoms with Gasteiger partial charge in [-0.3, -0.25) is 0 Å². The van der Waals surface area contributed by atoms with Crippen molar-refractivity contribution in [3.8, 4) is 0 Å². The maximum absolute atomic E-state index is 5.38. The van der Waals surface area contributed by atoms with E-state index in [2.05, 4.69) is 22.9 Å². The largest absolute Gasteiger partial charge is 0.127 e. The second-order valence-electron chi connectivity index (χ2n) is 2.69. The van der Waals surface area contributed by atoms with Crippen LogP contribution in [0.3, 0.4) is 0 Å². The molecule has 0 aliphatic rings. The van der Waals surface area contributed by atoms with Gasteiger partial charge in [0, 0.05) is 10.4 Å². The van der Waals surface area contributed by atoms with Gasteiger partial charge in [-0.2, -0.15) is 0 Å². The van der Waals surface area contributed by atoms with Gasteiger partial charge >= 0.3 is 0 Å². The van der Waals surface area contributed by atoms with E-state index in [-0.39, 0.29) is 0 Å². The Hall–Kier alpha value is -0.0100. The SMILES string of the molecule is Brc1ccccc1.CCCCCCl. The highest BCUT2D eigenvalue weighted by atomic mass is 79.9. The lowest BCUT2D eigenvalue weighted by atomic mass is 10.3. The molecule has 0 saturated heterocycles. The Morgan fingerprint density at radius 3 is 2.00 bits per heavy atom. The van der Waals surface area contributed by atoms with Gasteiger partial charge in [0.1, 0.15) is 0 Å². The average molecular weight is 264 g/mol. The molecule has 0 heterocycles. The van der Waals surface area contributed by atoms with Gasteiger partial charge in [0.15, 0.2) is 0 Å². The van der Waals surface area contributed by atoms with Crippen molar-refractivity contribution in [2.45, 2.75) is 26.2 Å². The number of alkyl halides is 1. The third kappa shape index (κ3) is 9.91. The summed E-state index contributed by atoms with van der Waals surface area (Å²) in [6, 6.07) is 9.97. The number of rotatable bonds is 3. The van der Waals surface area contributed by atoms with Crippen LogP contribution in [0.1, 0.15) is 26.2 Å². The molecule has 74 valence electrons. The van der Waals surface area contributed by atoms with Crippen LogP contribution in [0.5, 0.6) is 0 Å². The number of unbranched alkanes of at least 4 members (excludes halogenated alkanes) is 2. The zero-order valence-corrected chi connectivity index (χ0v) is 10.3. The fraction of sp³-hybridized carbons (Fsp3) is 0.455. The standard InChI is InChI=1S/C6H5Br.C5H11Cl/c7-6-4-2-1-3-5-6;1-2-3-4-5-6/h1-5H;2-5H2,1H3. The minimum absolute atomic E-state index is 0.827. The molecule has 0 nitrogen and oxygen atoms in total. The van der Waals surface area contributed by atoms with Crippen LogP contribution in [0, 0.1) is 0 Å². The minimum Gasteiger partial charge on any atom is -0.127 e. The third-order valence-electron chi connectivity index (χ3n) is 1.47. The van der Waals surface area contributed by atoms with Gasteiger partial charge in [0.05, 0.1) is 0 Å². The zero-order chi connectivity index (χ0) is 9.94. The van der Waals surface area contributed by atoms with E-state index < -0.39 is 0 Å². The lowest BCUT2D eigenvalue weighted by Gasteiger charge is -1.84. The summed E-state index contributed by atoms with van der Waals surface area (Å²) >= 11 is 8.69. The van der Waals surface area contributed by atoms with Crippen molar-refractivity contribution in [3.63, 3.8) is 0 Å². The molecule has 0 saturated carbocycles. The van der Waals surface area contributed by atoms with E-state index in [0.29, 0.717) is 0 Å². The van der Waals surface area contributed by atoms with Crippen LogP contribution >= 0.6 is 27.5 Å². The molecule has 0 atom stereocenters. The summed E-state index contributed by atoms with van der Waals surface area (Å²) in [5, 5.41) is 0. The summed E-state index contributed by atoms with van der Waals surface area (Å²) in [6.45, 7) is 2.17. The number of hydrogen-bond acceptors (Lipinski definition) is 0. The minimum atomic E-state index is 0.827. The van der Waals surface area contributed by atoms with Crippen molar-refractivity contribution >= 4 is 27.5 Å². The Kier molecular flexibility index (Phi) is 10.1. The van der Waals surface area contributed by atoms with E-state index in [1.165, 1.54) is 19.3 Å². The molecule has 1 aromatic carbocycles. The zero-order valence-electron chi connectivity index (χ0n) is 7.97. The first-order valence-corrected chi connectivity index (χ1v) is 5.90. The van der Waals surface area contributed by atoms with Crippen LogP contribution in [0.25, 0.3) is 0 Å². The molecule has 0 radical (unpaired) electrons. The van der Waals surface area contributed by atoms with Crippen LogP contribution in [-0.2, 0) is 0 Å². The second-order valence-corrected chi connectivity index (χ2v) is 3.99. The molecule has 0 fully saturated rings. The van der Waals surface area contributed by atoms with Crippen molar-refractivity contribution < 1.29 is 0 Å². The van der Waals surface area contributed by atoms with Gasteiger partial charge in [-0.05, 0) is 18.6 Å². The highest BCUT2D eigenvalue weighted by Gasteiger charge is 1.77. The quantitative estimate of drug-likeness (QED) is 0.539. The van der Waals surface area contributed by atoms with Crippen molar-refractivity contribution in [1.29, 1.82) is 0 Å². The fourth-order valence-corrected chi connectivity index (χ4v) is 1.25. The highest BCUT2D eigenvalue weighted by molar-refractivity contribution is 9.10. The normalized spacial score (nSPS) is 8.85. The molecule has 1 rings (SSSR count). The summed E-state index contributed by atoms with van der Waals surface area (Å²) in [7, 11) is 0. The molecule has 0 aliphatic carbocycles. The first-order chi connectivity index (χ1) is 6.31. The molecule has 0 amide bonds. The molecule has 0 unspecified atom stereocenters. The lowest BCUT2D eigenvalue weighted by Crippen LogP contribution is -1.70. The van der Waals surface area contributed by atoms with E-state index in [1.54, 1.807) is 0 Å². The molecule has 0 aromatic heterocycles. The maximum atomic E-state index is 5.38. The Labute approximate surface area is 94.4 Å². The van der Waals surface area contributed by atoms with E-state index in [0.717, 1.165) is 10.4 Å². The summed E-state index contributed by atoms with van der Waals surface area (Å²) < 4.78 is 1.13. The van der Waals surface area contributed by atoms with Gasteiger partial charge in [-0.1, -0.05) is 53.9 Å². The van der Waals surface area contributed by atoms with Crippen LogP contribution in [0.4, 0.5) is 0 Å². The molecule has 13 heavy (non-hydrogen) atoms. The van der Waals surface area contributed by atoms with E-state index in [4.69, 9.17) is 11.6 Å². The van der Waals surface area contributed by atoms with Gasteiger partial charge in [0.25, 0.3) is 0 Å². The molecule has 0 bridgehead atoms. The molecule has 0 spiro atoms. The third-order valence-corrected chi connectivity index (χ3v) is 2.27. The highest BCUT2D eigenvalue weighted by Crippen LogP contribution is 2.05. The Bertz CT molecular complexity index is 183. The number of benzene rings is 1. The van der Waals surface area contributed by atoms with E-state index in [9.17, 15) is 0 Å². The molecule has 2 heteroatoms. The van der Waals surface area contributed by atoms with Gasteiger partial charge in [0.2, 0.25) is 0 Å². The van der Waals surface area contributed by atoms with Crippen LogP contribution in [0.2, 0.25) is 0 Å². The smallest absolute Gasteiger partial charge is 0.0223 e. The summed E-state index contributed by atoms with van der Waals surface area (Å²) in [4.78, 5) is 0. The predicted molar refractivity (Wildman–Crippen MR) is 64.4 cm³/mol. The van der Waals surface area contributed by atoms with Gasteiger partial charge in [-0.15, -0.1) is 11.6 Å². The van der Waals surface area contributed by atoms with Crippen LogP contribution in [0.15, 0.2) is 34.8 Å². The molecular weight excluding hydrogens is 247 g/mol. The maximum Gasteiger partial charge on any atom is 0.0223 e. The van der Waals surface area contributed by atoms with Crippen molar-refractivity contribution in [1.82, 2.24) is 0 Å². The van der Waals surface area contributed by atoms with Crippen LogP contribution < -0.4 is 0 Å². The number of halogens is 2. The summed E-state index contributed by atoms with van der Waals surface area (Å²) in [5.74, 6) is 0.827. The Morgan fingerprint density at radius 2 is 1.77 bits per heavy atom. The first-order valence-electron chi connectivity index (χ1n) is 4.57. The van der Waals surface area contributed by atoms with Gasteiger partial charge < -0.3 is 0 Å². The monoisotopic (exact) mass is 262 g/mol. The summed E-state index contributed by atoms with van der Waals surface area (Å²) in [5.41, 5.74) is 0. The first kappa shape index (κ1) is 13.0. The van der Waals surface area contributed by atoms with E-state index >= 15 is 0 Å². The average Bonchev–Trinajstić information content (AvgIpc) is 2.17. The topological polar surface area (TPSA) is 0 Å². The van der Waals surface area contributed by atoms with Crippen molar-refractivity contribution in [2.24, 2.45) is 0 Å². The Morgan fingerprint density at radius 1 is 1.15 bits per heavy atom. The molecular formula is C11H16BrCl. The number of hydrogen-bond donors (Lipinski definition) is 0. The second kappa shape index (κ2) is 10.1. The molecule has 0 aliphatic heterocycles. The van der Waals surface area contributed by atoms with E-state index in [1.807, 2.05) is 30.3 Å². The van der Waals surface area contributed by atoms with Gasteiger partial charge in [-0.25, -0.2) is 0 Å². The fourth-order valence-electron chi connectivity index (χ4n) is 0.759. The Balaban J connectivity index is 0.000000226. The predicted octanol–water partition coefficient (Wildman–Crippen LogP) is 4.86.